The Morgan fingerprint density at radius 3 is 2.44 bits per heavy atom. The van der Waals surface area contributed by atoms with Crippen molar-refractivity contribution in [2.75, 3.05) is 20.1 Å². The van der Waals surface area contributed by atoms with Crippen molar-refractivity contribution >= 4 is 23.7 Å². The van der Waals surface area contributed by atoms with E-state index in [0.717, 1.165) is 28.9 Å². The lowest BCUT2D eigenvalue weighted by atomic mass is 10.1. The van der Waals surface area contributed by atoms with Crippen LogP contribution in [0.15, 0.2) is 17.1 Å². The second-order valence-electron chi connectivity index (χ2n) is 7.30. The average molecular weight is 371 g/mol. The molecule has 8 heteroatoms. The summed E-state index contributed by atoms with van der Waals surface area (Å²) in [4.78, 5) is 33.3. The van der Waals surface area contributed by atoms with E-state index >= 15 is 0 Å². The van der Waals surface area contributed by atoms with E-state index in [1.165, 1.54) is 9.80 Å². The molecule has 0 bridgehead atoms. The number of aromatic nitrogens is 2. The van der Waals surface area contributed by atoms with Gasteiger partial charge in [0.15, 0.2) is 0 Å². The number of carbonyl (C=O) groups is 2. The first-order chi connectivity index (χ1) is 12.7. The monoisotopic (exact) mass is 371 g/mol. The van der Waals surface area contributed by atoms with Crippen molar-refractivity contribution in [3.63, 3.8) is 0 Å². The van der Waals surface area contributed by atoms with Gasteiger partial charge >= 0.3 is 12.0 Å². The highest BCUT2D eigenvalue weighted by atomic mass is 16.2. The molecule has 2 aliphatic heterocycles. The normalized spacial score (nSPS) is 19.8. The Hall–Kier alpha value is -2.77. The van der Waals surface area contributed by atoms with Crippen LogP contribution in [0.5, 0.6) is 0 Å². The first-order valence-electron chi connectivity index (χ1n) is 9.17. The van der Waals surface area contributed by atoms with Crippen molar-refractivity contribution in [3.05, 3.63) is 29.1 Å². The van der Waals surface area contributed by atoms with E-state index in [1.807, 2.05) is 25.3 Å². The quantitative estimate of drug-likeness (QED) is 0.597. The van der Waals surface area contributed by atoms with Gasteiger partial charge in [-0.05, 0) is 34.1 Å². The van der Waals surface area contributed by atoms with E-state index in [9.17, 15) is 9.59 Å². The molecule has 2 aliphatic rings. The summed E-state index contributed by atoms with van der Waals surface area (Å²) in [5.41, 5.74) is 3.75. The summed E-state index contributed by atoms with van der Waals surface area (Å²) in [6.45, 7) is 14.5. The number of likely N-dealkylation sites (N-methyl/N-ethyl adjacent to an activating group) is 1. The van der Waals surface area contributed by atoms with Gasteiger partial charge < -0.3 is 0 Å². The molecule has 1 unspecified atom stereocenters. The van der Waals surface area contributed by atoms with Gasteiger partial charge in [-0.2, -0.15) is 0 Å². The van der Waals surface area contributed by atoms with E-state index in [4.69, 9.17) is 0 Å². The van der Waals surface area contributed by atoms with Gasteiger partial charge in [0.05, 0.1) is 18.8 Å². The molecule has 8 nitrogen and oxygen atoms in total. The minimum absolute atomic E-state index is 0.208. The van der Waals surface area contributed by atoms with Crippen molar-refractivity contribution in [1.82, 2.24) is 19.6 Å². The van der Waals surface area contributed by atoms with Crippen LogP contribution < -0.4 is 0 Å². The number of rotatable bonds is 4. The fourth-order valence-electron chi connectivity index (χ4n) is 3.48. The number of fused-ring (bicyclic) bond motifs is 1. The molecule has 0 N–H and O–H groups in total. The molecule has 1 aromatic rings. The van der Waals surface area contributed by atoms with Crippen LogP contribution in [0.25, 0.3) is 0 Å². The number of hydrogen-bond acceptors (Lipinski definition) is 4. The maximum atomic E-state index is 13.2. The molecule has 0 saturated carbocycles. The maximum Gasteiger partial charge on any atom is 0.421 e. The summed E-state index contributed by atoms with van der Waals surface area (Å²) in [6.07, 6.45) is 0.840. The van der Waals surface area contributed by atoms with E-state index in [2.05, 4.69) is 23.6 Å². The van der Waals surface area contributed by atoms with Crippen LogP contribution in [-0.2, 0) is 4.79 Å². The fourth-order valence-corrected chi connectivity index (χ4v) is 3.48. The van der Waals surface area contributed by atoms with Crippen LogP contribution >= 0.6 is 0 Å². The third-order valence-corrected chi connectivity index (χ3v) is 5.12. The summed E-state index contributed by atoms with van der Waals surface area (Å²) < 4.78 is 3.73. The van der Waals surface area contributed by atoms with E-state index in [1.54, 1.807) is 18.7 Å². The average Bonchev–Trinajstić information content (AvgIpc) is 3.10. The molecule has 3 rings (SSSR count). The molecule has 0 spiro atoms. The predicted octanol–water partition coefficient (Wildman–Crippen LogP) is 1.69. The molecule has 0 aliphatic carbocycles. The van der Waals surface area contributed by atoms with Gasteiger partial charge in [0, 0.05) is 12.6 Å². The molecule has 1 atom stereocenters. The first-order valence-corrected chi connectivity index (χ1v) is 9.17. The van der Waals surface area contributed by atoms with Crippen LogP contribution in [-0.4, -0.2) is 74.1 Å². The van der Waals surface area contributed by atoms with Crippen molar-refractivity contribution < 1.29 is 14.2 Å². The van der Waals surface area contributed by atoms with E-state index in [0.29, 0.717) is 18.3 Å². The second kappa shape index (κ2) is 6.75. The summed E-state index contributed by atoms with van der Waals surface area (Å²) in [6, 6.07) is -0.994. The van der Waals surface area contributed by atoms with Crippen molar-refractivity contribution in [2.45, 2.75) is 47.1 Å². The molecule has 3 heterocycles. The van der Waals surface area contributed by atoms with Crippen molar-refractivity contribution in [1.29, 1.82) is 0 Å². The number of hydrogen-bond donors (Lipinski definition) is 0. The number of nitrogens with zero attached hydrogens (tertiary/aromatic N) is 6. The Morgan fingerprint density at radius 1 is 1.26 bits per heavy atom. The predicted molar refractivity (Wildman–Crippen MR) is 103 cm³/mol. The molecule has 0 radical (unpaired) electrons. The van der Waals surface area contributed by atoms with Gasteiger partial charge in [-0.3, -0.25) is 14.6 Å². The Labute approximate surface area is 159 Å². The number of imide groups is 1. The second-order valence-corrected chi connectivity index (χ2v) is 7.30. The summed E-state index contributed by atoms with van der Waals surface area (Å²) in [5.74, 6) is 0.786. The zero-order valence-electron chi connectivity index (χ0n) is 16.9. The largest absolute Gasteiger partial charge is 0.421 e. The van der Waals surface area contributed by atoms with Crippen molar-refractivity contribution in [2.24, 2.45) is 4.99 Å². The zero-order chi connectivity index (χ0) is 20.0. The topological polar surface area (TPSA) is 73.8 Å². The number of aryl methyl sites for hydroxylation is 1. The summed E-state index contributed by atoms with van der Waals surface area (Å²) in [7, 11) is 1.66. The van der Waals surface area contributed by atoms with Crippen LogP contribution in [0.1, 0.15) is 37.2 Å². The molecule has 1 aromatic heterocycles. The fraction of sp³-hybridized carbons (Fsp3) is 0.526. The first kappa shape index (κ1) is 19.0. The Kier molecular flexibility index (Phi) is 4.75. The molecule has 27 heavy (non-hydrogen) atoms. The third-order valence-electron chi connectivity index (χ3n) is 5.12. The minimum atomic E-state index is -0.619. The van der Waals surface area contributed by atoms with Gasteiger partial charge in [0.2, 0.25) is 11.9 Å². The van der Waals surface area contributed by atoms with E-state index < -0.39 is 6.04 Å². The number of amides is 3. The summed E-state index contributed by atoms with van der Waals surface area (Å²) in [5, 5.41) is 4.61. The number of carbonyl (C=O) groups excluding carboxylic acids is 2. The zero-order valence-corrected chi connectivity index (χ0v) is 16.9. The highest BCUT2D eigenvalue weighted by molar-refractivity contribution is 6.23. The maximum absolute atomic E-state index is 13.2. The van der Waals surface area contributed by atoms with Gasteiger partial charge in [0.1, 0.15) is 5.69 Å². The molecule has 0 aromatic carbocycles. The van der Waals surface area contributed by atoms with Crippen LogP contribution in [0.4, 0.5) is 4.79 Å². The Bertz CT molecular complexity index is 908. The molecule has 144 valence electrons. The molecule has 1 fully saturated rings. The number of amidine groups is 1. The highest BCUT2D eigenvalue weighted by Gasteiger charge is 2.53. The lowest BCUT2D eigenvalue weighted by Gasteiger charge is -2.34. The molecule has 1 saturated heterocycles. The molecular formula is C19H27N6O2+. The van der Waals surface area contributed by atoms with Crippen LogP contribution in [0.2, 0.25) is 0 Å². The number of urea groups is 1. The molecule has 3 amide bonds. The highest BCUT2D eigenvalue weighted by Crippen LogP contribution is 2.22. The minimum Gasteiger partial charge on any atom is -0.270 e. The van der Waals surface area contributed by atoms with E-state index in [-0.39, 0.29) is 18.5 Å². The van der Waals surface area contributed by atoms with Gasteiger partial charge in [-0.25, -0.2) is 9.37 Å². The Balaban J connectivity index is 2.15. The Morgan fingerprint density at radius 2 is 1.93 bits per heavy atom. The van der Waals surface area contributed by atoms with Crippen LogP contribution in [0.3, 0.4) is 0 Å². The lowest BCUT2D eigenvalue weighted by molar-refractivity contribution is -0.537. The van der Waals surface area contributed by atoms with Gasteiger partial charge in [-0.15, -0.1) is 9.78 Å². The smallest absolute Gasteiger partial charge is 0.270 e. The van der Waals surface area contributed by atoms with Gasteiger partial charge in [-0.1, -0.05) is 24.1 Å². The lowest BCUT2D eigenvalue weighted by Crippen LogP contribution is -2.63. The van der Waals surface area contributed by atoms with Gasteiger partial charge in [0.25, 0.3) is 5.91 Å². The summed E-state index contributed by atoms with van der Waals surface area (Å²) >= 11 is 0. The third kappa shape index (κ3) is 2.89. The SMILES string of the molecule is C=C(C)CN1C(=O)C2C(=NC(n3nc(C)c(C)c3C)=[N+]2CCC)N(C)C1=O. The number of aliphatic imine (C=N–C) groups is 1. The van der Waals surface area contributed by atoms with Crippen LogP contribution in [0, 0.1) is 20.8 Å². The standard InChI is InChI=1S/C19H27N6O2/c1-8-9-23-15-16(20-18(23)25-14(6)12(4)13(5)21-25)22(7)19(27)24(17(15)26)10-11(2)3/h15H,2,8-10H2,1,3-7H3/q+1. The van der Waals surface area contributed by atoms with Crippen molar-refractivity contribution in [3.8, 4) is 0 Å². The molecular weight excluding hydrogens is 344 g/mol.